The molecule has 3 nitrogen and oxygen atoms in total. The van der Waals surface area contributed by atoms with E-state index in [1.807, 2.05) is 6.21 Å². The third-order valence-electron chi connectivity index (χ3n) is 5.01. The zero-order chi connectivity index (χ0) is 14.2. The van der Waals surface area contributed by atoms with Crippen molar-refractivity contribution in [1.82, 2.24) is 5.43 Å². The van der Waals surface area contributed by atoms with E-state index >= 15 is 0 Å². The molecule has 3 unspecified atom stereocenters. The van der Waals surface area contributed by atoms with Crippen molar-refractivity contribution in [1.29, 1.82) is 0 Å². The molecule has 0 saturated heterocycles. The highest BCUT2D eigenvalue weighted by atomic mass is 16.2. The van der Waals surface area contributed by atoms with Gasteiger partial charge in [0.25, 0.3) is 0 Å². The van der Waals surface area contributed by atoms with Crippen LogP contribution in [0.3, 0.4) is 0 Å². The summed E-state index contributed by atoms with van der Waals surface area (Å²) in [6.07, 6.45) is 15.4. The molecule has 0 spiro atoms. The molecule has 114 valence electrons. The Bertz CT molecular complexity index is 327. The van der Waals surface area contributed by atoms with E-state index in [-0.39, 0.29) is 5.91 Å². The Morgan fingerprint density at radius 3 is 2.65 bits per heavy atom. The lowest BCUT2D eigenvalue weighted by Crippen LogP contribution is -2.19. The largest absolute Gasteiger partial charge is 0.273 e. The summed E-state index contributed by atoms with van der Waals surface area (Å²) in [5, 5.41) is 4.18. The van der Waals surface area contributed by atoms with Gasteiger partial charge in [0.2, 0.25) is 5.91 Å². The van der Waals surface area contributed by atoms with Crippen LogP contribution < -0.4 is 5.43 Å². The summed E-state index contributed by atoms with van der Waals surface area (Å²) in [7, 11) is 0. The van der Waals surface area contributed by atoms with Crippen LogP contribution in [0.2, 0.25) is 0 Å². The van der Waals surface area contributed by atoms with Gasteiger partial charge in [-0.3, -0.25) is 4.79 Å². The van der Waals surface area contributed by atoms with Crippen molar-refractivity contribution >= 4 is 12.1 Å². The summed E-state index contributed by atoms with van der Waals surface area (Å²) in [5.41, 5.74) is 2.70. The second kappa shape index (κ2) is 8.43. The molecule has 0 aromatic carbocycles. The number of hydrazone groups is 1. The van der Waals surface area contributed by atoms with Crippen molar-refractivity contribution in [2.45, 2.75) is 77.6 Å². The predicted octanol–water partition coefficient (Wildman–Crippen LogP) is 4.28. The fourth-order valence-corrected chi connectivity index (χ4v) is 3.80. The molecule has 0 aromatic heterocycles. The highest BCUT2D eigenvalue weighted by Gasteiger charge is 2.38. The molecule has 0 aliphatic heterocycles. The monoisotopic (exact) mass is 278 g/mol. The van der Waals surface area contributed by atoms with Crippen LogP contribution in [0.25, 0.3) is 0 Å². The summed E-state index contributed by atoms with van der Waals surface area (Å²) in [5.74, 6) is 2.50. The molecule has 2 aliphatic carbocycles. The van der Waals surface area contributed by atoms with Gasteiger partial charge >= 0.3 is 0 Å². The Morgan fingerprint density at radius 2 is 1.95 bits per heavy atom. The molecule has 2 saturated carbocycles. The van der Waals surface area contributed by atoms with Gasteiger partial charge in [-0.2, -0.15) is 5.10 Å². The lowest BCUT2D eigenvalue weighted by atomic mass is 9.90. The number of fused-ring (bicyclic) bond motifs is 2. The van der Waals surface area contributed by atoms with Crippen LogP contribution in [0.1, 0.15) is 77.6 Å². The first kappa shape index (κ1) is 15.5. The quantitative estimate of drug-likeness (QED) is 0.382. The summed E-state index contributed by atoms with van der Waals surface area (Å²) >= 11 is 0. The highest BCUT2D eigenvalue weighted by molar-refractivity contribution is 5.76. The normalized spacial score (nSPS) is 28.4. The first-order valence-electron chi connectivity index (χ1n) is 8.61. The minimum Gasteiger partial charge on any atom is -0.273 e. The van der Waals surface area contributed by atoms with E-state index in [4.69, 9.17) is 0 Å². The van der Waals surface area contributed by atoms with Gasteiger partial charge in [-0.15, -0.1) is 0 Å². The molecule has 0 heterocycles. The highest BCUT2D eigenvalue weighted by Crippen LogP contribution is 2.47. The summed E-state index contributed by atoms with van der Waals surface area (Å²) < 4.78 is 0. The molecule has 0 aromatic rings. The molecule has 20 heavy (non-hydrogen) atoms. The maximum absolute atomic E-state index is 11.6. The number of amides is 1. The van der Waals surface area contributed by atoms with Crippen LogP contribution in [-0.4, -0.2) is 12.1 Å². The minimum atomic E-state index is 0.0832. The van der Waals surface area contributed by atoms with Crippen LogP contribution in [0.15, 0.2) is 5.10 Å². The summed E-state index contributed by atoms with van der Waals surface area (Å²) in [6.45, 7) is 2.22. The minimum absolute atomic E-state index is 0.0832. The first-order chi connectivity index (χ1) is 9.79. The molecule has 1 amide bonds. The van der Waals surface area contributed by atoms with Gasteiger partial charge in [0, 0.05) is 12.6 Å². The number of carbonyl (C=O) groups excluding carboxylic acids is 1. The zero-order valence-electron chi connectivity index (χ0n) is 12.9. The van der Waals surface area contributed by atoms with Crippen molar-refractivity contribution < 1.29 is 4.79 Å². The van der Waals surface area contributed by atoms with Crippen molar-refractivity contribution in [2.24, 2.45) is 22.9 Å². The van der Waals surface area contributed by atoms with Gasteiger partial charge in [-0.25, -0.2) is 5.43 Å². The van der Waals surface area contributed by atoms with Gasteiger partial charge in [-0.05, 0) is 43.4 Å². The van der Waals surface area contributed by atoms with E-state index in [0.29, 0.717) is 12.3 Å². The van der Waals surface area contributed by atoms with E-state index in [1.54, 1.807) is 0 Å². The Balaban J connectivity index is 1.50. The number of hydrogen-bond donors (Lipinski definition) is 1. The van der Waals surface area contributed by atoms with Crippen LogP contribution in [0, 0.1) is 17.8 Å². The number of nitrogens with zero attached hydrogens (tertiary/aromatic N) is 1. The van der Waals surface area contributed by atoms with Gasteiger partial charge in [0.1, 0.15) is 0 Å². The van der Waals surface area contributed by atoms with E-state index in [1.165, 1.54) is 57.8 Å². The molecule has 2 rings (SSSR count). The zero-order valence-corrected chi connectivity index (χ0v) is 12.9. The van der Waals surface area contributed by atoms with E-state index in [2.05, 4.69) is 17.5 Å². The first-order valence-corrected chi connectivity index (χ1v) is 8.61. The Labute approximate surface area is 123 Å². The van der Waals surface area contributed by atoms with Crippen molar-refractivity contribution in [3.8, 4) is 0 Å². The van der Waals surface area contributed by atoms with Gasteiger partial charge in [0.15, 0.2) is 0 Å². The van der Waals surface area contributed by atoms with E-state index < -0.39 is 0 Å². The molecule has 1 N–H and O–H groups in total. The van der Waals surface area contributed by atoms with E-state index in [0.717, 1.165) is 18.3 Å². The van der Waals surface area contributed by atoms with Crippen molar-refractivity contribution in [3.63, 3.8) is 0 Å². The van der Waals surface area contributed by atoms with Crippen molar-refractivity contribution in [3.05, 3.63) is 0 Å². The topological polar surface area (TPSA) is 41.5 Å². The van der Waals surface area contributed by atoms with Crippen molar-refractivity contribution in [2.75, 3.05) is 0 Å². The second-order valence-corrected chi connectivity index (χ2v) is 6.67. The second-order valence-electron chi connectivity index (χ2n) is 6.67. The van der Waals surface area contributed by atoms with Crippen LogP contribution in [0.5, 0.6) is 0 Å². The van der Waals surface area contributed by atoms with Gasteiger partial charge in [0.05, 0.1) is 0 Å². The Hall–Kier alpha value is -0.860. The molecular weight excluding hydrogens is 248 g/mol. The number of carbonyl (C=O) groups is 1. The predicted molar refractivity (Wildman–Crippen MR) is 83.6 cm³/mol. The summed E-state index contributed by atoms with van der Waals surface area (Å²) in [6, 6.07) is 0. The molecule has 2 bridgehead atoms. The lowest BCUT2D eigenvalue weighted by molar-refractivity contribution is -0.121. The smallest absolute Gasteiger partial charge is 0.240 e. The van der Waals surface area contributed by atoms with Gasteiger partial charge in [-0.1, -0.05) is 45.4 Å². The average molecular weight is 278 g/mol. The van der Waals surface area contributed by atoms with Crippen LogP contribution in [-0.2, 0) is 4.79 Å². The van der Waals surface area contributed by atoms with Gasteiger partial charge < -0.3 is 0 Å². The van der Waals surface area contributed by atoms with Crippen LogP contribution >= 0.6 is 0 Å². The molecule has 3 atom stereocenters. The number of rotatable bonds is 9. The number of unbranched alkanes of at least 4 members (excludes halogenated alkanes) is 5. The average Bonchev–Trinajstić information content (AvgIpc) is 3.05. The Morgan fingerprint density at radius 1 is 1.15 bits per heavy atom. The molecule has 3 heteroatoms. The SMILES string of the molecule is CCCCCCCCC(=O)N/N=C/C1CC2CCC1C2. The standard InChI is InChI=1S/C17H30N2O/c1-2-3-4-5-6-7-8-17(20)19-18-13-16-12-14-9-10-15(16)11-14/h13-16H,2-12H2,1H3,(H,19,20)/b18-13+. The van der Waals surface area contributed by atoms with Crippen LogP contribution in [0.4, 0.5) is 0 Å². The third-order valence-corrected chi connectivity index (χ3v) is 5.01. The fourth-order valence-electron chi connectivity index (χ4n) is 3.80. The third kappa shape index (κ3) is 4.92. The lowest BCUT2D eigenvalue weighted by Gasteiger charge is -2.16. The number of nitrogens with one attached hydrogen (secondary N) is 1. The molecule has 0 radical (unpaired) electrons. The maximum Gasteiger partial charge on any atom is 0.240 e. The molecule has 2 fully saturated rings. The Kier molecular flexibility index (Phi) is 6.55. The van der Waals surface area contributed by atoms with E-state index in [9.17, 15) is 4.79 Å². The molecule has 2 aliphatic rings. The number of hydrogen-bond acceptors (Lipinski definition) is 2. The fraction of sp³-hybridized carbons (Fsp3) is 0.882. The maximum atomic E-state index is 11.6. The summed E-state index contributed by atoms with van der Waals surface area (Å²) in [4.78, 5) is 11.6. The molecular formula is C17H30N2O.